The van der Waals surface area contributed by atoms with E-state index in [2.05, 4.69) is 15.2 Å². The molecule has 2 aromatic rings. The molecule has 2 aliphatic rings. The fraction of sp³-hybridized carbons (Fsp3) is 0.474. The summed E-state index contributed by atoms with van der Waals surface area (Å²) < 4.78 is 11.6. The number of furan rings is 1. The van der Waals surface area contributed by atoms with Gasteiger partial charge in [-0.15, -0.1) is 0 Å². The van der Waals surface area contributed by atoms with Crippen LogP contribution in [-0.4, -0.2) is 42.0 Å². The number of hydrogen-bond acceptors (Lipinski definition) is 5. The van der Waals surface area contributed by atoms with Crippen molar-refractivity contribution in [2.75, 3.05) is 26.2 Å². The summed E-state index contributed by atoms with van der Waals surface area (Å²) in [5, 5.41) is 3.04. The number of carbonyl (C=O) groups excluding carboxylic acids is 1. The van der Waals surface area contributed by atoms with Crippen LogP contribution in [0.4, 0.5) is 0 Å². The van der Waals surface area contributed by atoms with E-state index in [0.717, 1.165) is 43.3 Å². The molecule has 1 spiro atoms. The monoisotopic (exact) mass is 341 g/mol. The van der Waals surface area contributed by atoms with E-state index in [1.807, 2.05) is 31.2 Å². The Balaban J connectivity index is 1.42. The number of pyridine rings is 1. The predicted molar refractivity (Wildman–Crippen MR) is 92.0 cm³/mol. The van der Waals surface area contributed by atoms with Crippen molar-refractivity contribution >= 4 is 5.91 Å². The molecular weight excluding hydrogens is 318 g/mol. The van der Waals surface area contributed by atoms with Crippen molar-refractivity contribution < 1.29 is 13.9 Å². The fourth-order valence-corrected chi connectivity index (χ4v) is 3.98. The van der Waals surface area contributed by atoms with Crippen molar-refractivity contribution in [1.82, 2.24) is 15.2 Å². The van der Waals surface area contributed by atoms with E-state index in [0.29, 0.717) is 13.2 Å². The zero-order chi connectivity index (χ0) is 17.3. The number of hydrogen-bond donors (Lipinski definition) is 1. The van der Waals surface area contributed by atoms with Crippen molar-refractivity contribution in [2.24, 2.45) is 11.3 Å². The van der Waals surface area contributed by atoms with Gasteiger partial charge in [-0.25, -0.2) is 0 Å². The average Bonchev–Trinajstić information content (AvgIpc) is 3.30. The standard InChI is InChI=1S/C19H23N3O3/c1-14-4-5-17(25-14)11-22-8-6-19(13-22)15(9-21-18(19)23)12-24-16-3-2-7-20-10-16/h2-5,7,10,15H,6,8-9,11-13H2,1H3,(H,21,23)/t15-,19+/m0/s1. The summed E-state index contributed by atoms with van der Waals surface area (Å²) in [6, 6.07) is 7.74. The number of aryl methyl sites for hydroxylation is 1. The minimum absolute atomic E-state index is 0.158. The van der Waals surface area contributed by atoms with Crippen molar-refractivity contribution in [2.45, 2.75) is 19.9 Å². The molecule has 0 aliphatic carbocycles. The highest BCUT2D eigenvalue weighted by Crippen LogP contribution is 2.42. The lowest BCUT2D eigenvalue weighted by atomic mass is 9.77. The van der Waals surface area contributed by atoms with E-state index >= 15 is 0 Å². The molecule has 25 heavy (non-hydrogen) atoms. The molecule has 4 heterocycles. The zero-order valence-electron chi connectivity index (χ0n) is 14.4. The Hall–Kier alpha value is -2.34. The Morgan fingerprint density at radius 3 is 3.12 bits per heavy atom. The minimum Gasteiger partial charge on any atom is -0.492 e. The quantitative estimate of drug-likeness (QED) is 0.901. The zero-order valence-corrected chi connectivity index (χ0v) is 14.4. The van der Waals surface area contributed by atoms with E-state index in [-0.39, 0.29) is 17.2 Å². The molecule has 0 aromatic carbocycles. The summed E-state index contributed by atoms with van der Waals surface area (Å²) in [6.07, 6.45) is 4.29. The lowest BCUT2D eigenvalue weighted by molar-refractivity contribution is -0.128. The van der Waals surface area contributed by atoms with Crippen molar-refractivity contribution in [3.05, 3.63) is 48.2 Å². The summed E-state index contributed by atoms with van der Waals surface area (Å²) in [6.45, 7) is 5.55. The maximum absolute atomic E-state index is 12.6. The van der Waals surface area contributed by atoms with Gasteiger partial charge in [0.25, 0.3) is 0 Å². The van der Waals surface area contributed by atoms with Gasteiger partial charge in [-0.1, -0.05) is 0 Å². The first-order chi connectivity index (χ1) is 12.2. The molecule has 1 amide bonds. The van der Waals surface area contributed by atoms with E-state index < -0.39 is 0 Å². The third-order valence-corrected chi connectivity index (χ3v) is 5.38. The maximum atomic E-state index is 12.6. The minimum atomic E-state index is -0.357. The molecule has 2 aliphatic heterocycles. The van der Waals surface area contributed by atoms with Crippen LogP contribution in [-0.2, 0) is 11.3 Å². The van der Waals surface area contributed by atoms with Crippen LogP contribution in [0.15, 0.2) is 41.1 Å². The highest BCUT2D eigenvalue weighted by molar-refractivity contribution is 5.86. The molecule has 4 rings (SSSR count). The Morgan fingerprint density at radius 1 is 1.44 bits per heavy atom. The number of nitrogens with zero attached hydrogens (tertiary/aromatic N) is 2. The molecule has 0 radical (unpaired) electrons. The normalized spacial score (nSPS) is 26.3. The Morgan fingerprint density at radius 2 is 2.36 bits per heavy atom. The highest BCUT2D eigenvalue weighted by Gasteiger charge is 2.54. The van der Waals surface area contributed by atoms with Crippen LogP contribution in [0, 0.1) is 18.3 Å². The Labute approximate surface area is 147 Å². The Bertz CT molecular complexity index is 745. The second-order valence-corrected chi connectivity index (χ2v) is 7.04. The molecule has 2 aromatic heterocycles. The molecule has 6 heteroatoms. The average molecular weight is 341 g/mol. The molecule has 132 valence electrons. The van der Waals surface area contributed by atoms with Gasteiger partial charge in [0.15, 0.2) is 0 Å². The fourth-order valence-electron chi connectivity index (χ4n) is 3.98. The van der Waals surface area contributed by atoms with Gasteiger partial charge < -0.3 is 14.5 Å². The van der Waals surface area contributed by atoms with Crippen LogP contribution in [0.1, 0.15) is 17.9 Å². The highest BCUT2D eigenvalue weighted by atomic mass is 16.5. The molecule has 2 atom stereocenters. The molecule has 1 N–H and O–H groups in total. The number of amides is 1. The summed E-state index contributed by atoms with van der Waals surface area (Å²) in [7, 11) is 0. The van der Waals surface area contributed by atoms with Crippen molar-refractivity contribution in [3.63, 3.8) is 0 Å². The van der Waals surface area contributed by atoms with Gasteiger partial charge in [0.05, 0.1) is 24.8 Å². The van der Waals surface area contributed by atoms with Gasteiger partial charge >= 0.3 is 0 Å². The number of nitrogens with one attached hydrogen (secondary N) is 1. The van der Waals surface area contributed by atoms with Gasteiger partial charge in [0.2, 0.25) is 5.91 Å². The number of carbonyl (C=O) groups is 1. The van der Waals surface area contributed by atoms with Gasteiger partial charge in [-0.3, -0.25) is 14.7 Å². The molecule has 0 saturated carbocycles. The third kappa shape index (κ3) is 3.14. The summed E-state index contributed by atoms with van der Waals surface area (Å²) in [5.41, 5.74) is -0.357. The number of likely N-dealkylation sites (tertiary alicyclic amines) is 1. The number of aromatic nitrogens is 1. The Kier molecular flexibility index (Phi) is 4.21. The first-order valence-electron chi connectivity index (χ1n) is 8.74. The van der Waals surface area contributed by atoms with E-state index in [9.17, 15) is 4.79 Å². The lowest BCUT2D eigenvalue weighted by Crippen LogP contribution is -2.40. The molecule has 0 bridgehead atoms. The number of rotatable bonds is 5. The topological polar surface area (TPSA) is 67.6 Å². The van der Waals surface area contributed by atoms with Crippen LogP contribution >= 0.6 is 0 Å². The van der Waals surface area contributed by atoms with Crippen LogP contribution in [0.3, 0.4) is 0 Å². The second kappa shape index (κ2) is 6.52. The van der Waals surface area contributed by atoms with Crippen LogP contribution in [0.2, 0.25) is 0 Å². The first kappa shape index (κ1) is 16.1. The largest absolute Gasteiger partial charge is 0.492 e. The van der Waals surface area contributed by atoms with E-state index in [4.69, 9.17) is 9.15 Å². The molecule has 0 unspecified atom stereocenters. The van der Waals surface area contributed by atoms with E-state index in [1.165, 1.54) is 0 Å². The van der Waals surface area contributed by atoms with Gasteiger partial charge in [-0.05, 0) is 44.2 Å². The first-order valence-corrected chi connectivity index (χ1v) is 8.74. The second-order valence-electron chi connectivity index (χ2n) is 7.04. The maximum Gasteiger partial charge on any atom is 0.228 e. The molecule has 2 fully saturated rings. The number of ether oxygens (including phenoxy) is 1. The third-order valence-electron chi connectivity index (χ3n) is 5.38. The summed E-state index contributed by atoms with van der Waals surface area (Å²) in [5.74, 6) is 2.95. The molecule has 2 saturated heterocycles. The van der Waals surface area contributed by atoms with Gasteiger partial charge in [0, 0.05) is 25.2 Å². The lowest BCUT2D eigenvalue weighted by Gasteiger charge is -2.28. The molecule has 6 nitrogen and oxygen atoms in total. The smallest absolute Gasteiger partial charge is 0.228 e. The van der Waals surface area contributed by atoms with E-state index in [1.54, 1.807) is 12.4 Å². The van der Waals surface area contributed by atoms with Crippen molar-refractivity contribution in [1.29, 1.82) is 0 Å². The summed E-state index contributed by atoms with van der Waals surface area (Å²) >= 11 is 0. The molecular formula is C19H23N3O3. The van der Waals surface area contributed by atoms with Crippen LogP contribution < -0.4 is 10.1 Å². The van der Waals surface area contributed by atoms with Gasteiger partial charge in [-0.2, -0.15) is 0 Å². The van der Waals surface area contributed by atoms with Gasteiger partial charge in [0.1, 0.15) is 17.3 Å². The van der Waals surface area contributed by atoms with Crippen molar-refractivity contribution in [3.8, 4) is 5.75 Å². The SMILES string of the molecule is Cc1ccc(CN2CC[C@]3(C2)C(=O)NC[C@H]3COc2cccnc2)o1. The van der Waals surface area contributed by atoms with Crippen LogP contribution in [0.25, 0.3) is 0 Å². The predicted octanol–water partition coefficient (Wildman–Crippen LogP) is 2.00. The van der Waals surface area contributed by atoms with Crippen LogP contribution in [0.5, 0.6) is 5.75 Å². The summed E-state index contributed by atoms with van der Waals surface area (Å²) in [4.78, 5) is 19.0.